The van der Waals surface area contributed by atoms with Gasteiger partial charge in [-0.15, -0.1) is 0 Å². The van der Waals surface area contributed by atoms with Crippen molar-refractivity contribution in [1.82, 2.24) is 10.2 Å². The van der Waals surface area contributed by atoms with Crippen molar-refractivity contribution >= 4 is 11.9 Å². The Morgan fingerprint density at radius 1 is 1.56 bits per heavy atom. The molecule has 1 rings (SSSR count). The highest BCUT2D eigenvalue weighted by Crippen LogP contribution is 2.03. The molecule has 0 aliphatic carbocycles. The molecule has 0 radical (unpaired) electrons. The summed E-state index contributed by atoms with van der Waals surface area (Å²) in [6, 6.07) is 0. The number of carbonyl (C=O) groups is 2. The molecule has 1 N–H and O–H groups in total. The maximum atomic E-state index is 11.1. The summed E-state index contributed by atoms with van der Waals surface area (Å²) in [5.74, 6) is -1.59. The molecule has 1 unspecified atom stereocenters. The van der Waals surface area contributed by atoms with Crippen molar-refractivity contribution in [1.29, 1.82) is 0 Å². The first-order chi connectivity index (χ1) is 7.67. The zero-order valence-electron chi connectivity index (χ0n) is 9.69. The van der Waals surface area contributed by atoms with Crippen LogP contribution in [0, 0.1) is 0 Å². The number of esters is 1. The Bertz CT molecular complexity index is 257. The van der Waals surface area contributed by atoms with Crippen molar-refractivity contribution in [2.45, 2.75) is 13.0 Å². The van der Waals surface area contributed by atoms with E-state index in [0.29, 0.717) is 13.2 Å². The zero-order chi connectivity index (χ0) is 12.0. The monoisotopic (exact) mass is 230 g/mol. The molecule has 0 aromatic rings. The predicted molar refractivity (Wildman–Crippen MR) is 56.9 cm³/mol. The number of nitrogens with zero attached hydrogens (tertiary/aromatic N) is 1. The van der Waals surface area contributed by atoms with E-state index >= 15 is 0 Å². The summed E-state index contributed by atoms with van der Waals surface area (Å²) in [6.07, 6.45) is -0.0534. The van der Waals surface area contributed by atoms with Crippen molar-refractivity contribution in [2.24, 2.45) is 0 Å². The Labute approximate surface area is 94.9 Å². The van der Waals surface area contributed by atoms with E-state index in [2.05, 4.69) is 21.9 Å². The number of amides is 1. The molecule has 1 atom stereocenters. The van der Waals surface area contributed by atoms with Gasteiger partial charge in [-0.25, -0.2) is 4.79 Å². The van der Waals surface area contributed by atoms with Crippen LogP contribution in [0.5, 0.6) is 0 Å². The lowest BCUT2D eigenvalue weighted by atomic mass is 10.2. The minimum atomic E-state index is -0.872. The maximum Gasteiger partial charge on any atom is 0.396 e. The van der Waals surface area contributed by atoms with Crippen LogP contribution in [0.4, 0.5) is 0 Å². The summed E-state index contributed by atoms with van der Waals surface area (Å²) < 4.78 is 9.76. The molecule has 0 bridgehead atoms. The quantitative estimate of drug-likeness (QED) is 0.497. The van der Waals surface area contributed by atoms with Gasteiger partial charge in [-0.1, -0.05) is 6.92 Å². The van der Waals surface area contributed by atoms with Crippen LogP contribution in [0.15, 0.2) is 0 Å². The van der Waals surface area contributed by atoms with Crippen LogP contribution in [-0.2, 0) is 19.1 Å². The molecule has 1 aliphatic rings. The van der Waals surface area contributed by atoms with Crippen LogP contribution in [0.2, 0.25) is 0 Å². The molecule has 6 heteroatoms. The largest absolute Gasteiger partial charge is 0.462 e. The Morgan fingerprint density at radius 2 is 2.31 bits per heavy atom. The first-order valence-electron chi connectivity index (χ1n) is 5.37. The topological polar surface area (TPSA) is 67.9 Å². The lowest BCUT2D eigenvalue weighted by Crippen LogP contribution is -2.48. The molecule has 1 fully saturated rings. The fraction of sp³-hybridized carbons (Fsp3) is 0.800. The van der Waals surface area contributed by atoms with E-state index in [1.165, 1.54) is 7.11 Å². The Morgan fingerprint density at radius 3 is 2.94 bits per heavy atom. The van der Waals surface area contributed by atoms with Crippen molar-refractivity contribution in [2.75, 3.05) is 39.9 Å². The molecule has 16 heavy (non-hydrogen) atoms. The standard InChI is InChI=1S/C10H18N2O4/c1-3-12-4-5-16-8(7-12)6-11-9(13)10(14)15-2/h8H,3-7H2,1-2H3,(H,11,13). The van der Waals surface area contributed by atoms with Crippen LogP contribution < -0.4 is 5.32 Å². The third kappa shape index (κ3) is 3.79. The minimum Gasteiger partial charge on any atom is -0.462 e. The molecule has 1 aliphatic heterocycles. The SMILES string of the molecule is CCN1CCOC(CNC(=O)C(=O)OC)C1. The lowest BCUT2D eigenvalue weighted by molar-refractivity contribution is -0.153. The number of morpholine rings is 1. The number of likely N-dealkylation sites (N-methyl/N-ethyl adjacent to an activating group) is 1. The van der Waals surface area contributed by atoms with Gasteiger partial charge in [0.05, 0.1) is 19.8 Å². The summed E-state index contributed by atoms with van der Waals surface area (Å²) in [5.41, 5.74) is 0. The molecule has 6 nitrogen and oxygen atoms in total. The van der Waals surface area contributed by atoms with E-state index in [-0.39, 0.29) is 6.10 Å². The second-order valence-electron chi connectivity index (χ2n) is 3.59. The molecule has 1 heterocycles. The van der Waals surface area contributed by atoms with Crippen molar-refractivity contribution in [3.8, 4) is 0 Å². The average molecular weight is 230 g/mol. The Kier molecular flexibility index (Phi) is 5.21. The minimum absolute atomic E-state index is 0.0534. The van der Waals surface area contributed by atoms with Crippen LogP contribution in [0.3, 0.4) is 0 Å². The van der Waals surface area contributed by atoms with Gasteiger partial charge in [-0.3, -0.25) is 9.69 Å². The van der Waals surface area contributed by atoms with E-state index in [1.807, 2.05) is 0 Å². The molecular weight excluding hydrogens is 212 g/mol. The van der Waals surface area contributed by atoms with Gasteiger partial charge in [-0.2, -0.15) is 0 Å². The number of hydrogen-bond acceptors (Lipinski definition) is 5. The van der Waals surface area contributed by atoms with Gasteiger partial charge in [0.2, 0.25) is 0 Å². The van der Waals surface area contributed by atoms with E-state index in [9.17, 15) is 9.59 Å². The number of hydrogen-bond donors (Lipinski definition) is 1. The van der Waals surface area contributed by atoms with E-state index in [4.69, 9.17) is 4.74 Å². The predicted octanol–water partition coefficient (Wildman–Crippen LogP) is -1.00. The third-order valence-electron chi connectivity index (χ3n) is 2.53. The molecule has 0 spiro atoms. The van der Waals surface area contributed by atoms with Crippen LogP contribution in [0.25, 0.3) is 0 Å². The molecule has 1 saturated heterocycles. The van der Waals surface area contributed by atoms with Crippen molar-refractivity contribution in [3.05, 3.63) is 0 Å². The maximum absolute atomic E-state index is 11.1. The summed E-state index contributed by atoms with van der Waals surface area (Å²) in [4.78, 5) is 24.2. The van der Waals surface area contributed by atoms with E-state index in [0.717, 1.165) is 19.6 Å². The number of ether oxygens (including phenoxy) is 2. The Hall–Kier alpha value is -1.14. The second-order valence-corrected chi connectivity index (χ2v) is 3.59. The number of methoxy groups -OCH3 is 1. The highest BCUT2D eigenvalue weighted by Gasteiger charge is 2.21. The van der Waals surface area contributed by atoms with E-state index < -0.39 is 11.9 Å². The zero-order valence-corrected chi connectivity index (χ0v) is 9.69. The smallest absolute Gasteiger partial charge is 0.396 e. The first-order valence-corrected chi connectivity index (χ1v) is 5.37. The van der Waals surface area contributed by atoms with Gasteiger partial charge in [0.25, 0.3) is 0 Å². The van der Waals surface area contributed by atoms with Crippen LogP contribution in [-0.4, -0.2) is 62.8 Å². The van der Waals surface area contributed by atoms with Crippen molar-refractivity contribution in [3.63, 3.8) is 0 Å². The molecule has 92 valence electrons. The van der Waals surface area contributed by atoms with Gasteiger partial charge >= 0.3 is 11.9 Å². The van der Waals surface area contributed by atoms with E-state index in [1.54, 1.807) is 0 Å². The fourth-order valence-electron chi connectivity index (χ4n) is 1.56. The second kappa shape index (κ2) is 6.44. The summed E-state index contributed by atoms with van der Waals surface area (Å²) >= 11 is 0. The number of carbonyl (C=O) groups excluding carboxylic acids is 2. The highest BCUT2D eigenvalue weighted by molar-refractivity contribution is 6.32. The average Bonchev–Trinajstić information content (AvgIpc) is 2.35. The van der Waals surface area contributed by atoms with Crippen molar-refractivity contribution < 1.29 is 19.1 Å². The fourth-order valence-corrected chi connectivity index (χ4v) is 1.56. The molecule has 1 amide bonds. The van der Waals surface area contributed by atoms with Gasteiger partial charge in [0.15, 0.2) is 0 Å². The third-order valence-corrected chi connectivity index (χ3v) is 2.53. The highest BCUT2D eigenvalue weighted by atomic mass is 16.5. The van der Waals surface area contributed by atoms with Crippen LogP contribution in [0.1, 0.15) is 6.92 Å². The Balaban J connectivity index is 2.27. The van der Waals surface area contributed by atoms with Gasteiger partial charge in [-0.05, 0) is 6.54 Å². The normalized spacial score (nSPS) is 21.5. The summed E-state index contributed by atoms with van der Waals surface area (Å²) in [7, 11) is 1.18. The van der Waals surface area contributed by atoms with Gasteiger partial charge < -0.3 is 14.8 Å². The first kappa shape index (κ1) is 12.9. The number of nitrogens with one attached hydrogen (secondary N) is 1. The molecule has 0 saturated carbocycles. The van der Waals surface area contributed by atoms with Gasteiger partial charge in [0.1, 0.15) is 0 Å². The summed E-state index contributed by atoms with van der Waals surface area (Å²) in [5, 5.41) is 2.48. The number of rotatable bonds is 3. The summed E-state index contributed by atoms with van der Waals surface area (Å²) in [6.45, 7) is 5.73. The van der Waals surface area contributed by atoms with Gasteiger partial charge in [0, 0.05) is 19.6 Å². The molecule has 0 aromatic heterocycles. The molecular formula is C10H18N2O4. The lowest BCUT2D eigenvalue weighted by Gasteiger charge is -2.31. The van der Waals surface area contributed by atoms with Crippen LogP contribution >= 0.6 is 0 Å². The molecule has 0 aromatic carbocycles.